The molecule has 0 radical (unpaired) electrons. The van der Waals surface area contributed by atoms with E-state index in [0.717, 1.165) is 30.9 Å². The summed E-state index contributed by atoms with van der Waals surface area (Å²) >= 11 is 1.70. The summed E-state index contributed by atoms with van der Waals surface area (Å²) in [4.78, 5) is 5.73. The molecule has 1 fully saturated rings. The van der Waals surface area contributed by atoms with Gasteiger partial charge in [-0.05, 0) is 50.2 Å². The van der Waals surface area contributed by atoms with E-state index in [1.807, 2.05) is 18.2 Å². The van der Waals surface area contributed by atoms with Crippen LogP contribution < -0.4 is 5.32 Å². The number of aromatic nitrogens is 2. The molecular formula is C15H19N3OS. The van der Waals surface area contributed by atoms with Crippen molar-refractivity contribution < 1.29 is 4.52 Å². The van der Waals surface area contributed by atoms with Crippen molar-refractivity contribution in [1.29, 1.82) is 0 Å². The summed E-state index contributed by atoms with van der Waals surface area (Å²) in [6.07, 6.45) is 5.45. The fraction of sp³-hybridized carbons (Fsp3) is 0.467. The highest BCUT2D eigenvalue weighted by molar-refractivity contribution is 7.98. The van der Waals surface area contributed by atoms with Gasteiger partial charge in [0.2, 0.25) is 0 Å². The molecule has 0 saturated carbocycles. The summed E-state index contributed by atoms with van der Waals surface area (Å²) in [6.45, 7) is 2.19. The maximum absolute atomic E-state index is 5.44. The average molecular weight is 289 g/mol. The van der Waals surface area contributed by atoms with Gasteiger partial charge in [-0.15, -0.1) is 11.8 Å². The average Bonchev–Trinajstić information content (AvgIpc) is 2.96. The van der Waals surface area contributed by atoms with E-state index in [0.29, 0.717) is 11.8 Å². The molecule has 0 spiro atoms. The molecule has 1 unspecified atom stereocenters. The molecule has 1 atom stereocenters. The third-order valence-electron chi connectivity index (χ3n) is 3.68. The predicted octanol–water partition coefficient (Wildman–Crippen LogP) is 3.00. The smallest absolute Gasteiger partial charge is 0.259 e. The zero-order valence-corrected chi connectivity index (χ0v) is 12.4. The van der Waals surface area contributed by atoms with Crippen LogP contribution in [0.1, 0.15) is 18.7 Å². The van der Waals surface area contributed by atoms with Crippen molar-refractivity contribution in [2.24, 2.45) is 5.92 Å². The fourth-order valence-electron chi connectivity index (χ4n) is 2.62. The minimum absolute atomic E-state index is 0.630. The van der Waals surface area contributed by atoms with Crippen LogP contribution in [0.15, 0.2) is 33.7 Å². The van der Waals surface area contributed by atoms with E-state index in [2.05, 4.69) is 27.8 Å². The Labute approximate surface area is 123 Å². The number of nitrogens with one attached hydrogen (secondary N) is 1. The molecule has 0 aliphatic carbocycles. The molecule has 4 nitrogen and oxygen atoms in total. The molecule has 1 aromatic heterocycles. The first kappa shape index (κ1) is 13.6. The van der Waals surface area contributed by atoms with E-state index in [9.17, 15) is 0 Å². The van der Waals surface area contributed by atoms with Crippen LogP contribution in [0.3, 0.4) is 0 Å². The van der Waals surface area contributed by atoms with Gasteiger partial charge in [0.05, 0.1) is 5.56 Å². The Bertz CT molecular complexity index is 564. The van der Waals surface area contributed by atoms with Gasteiger partial charge in [-0.3, -0.25) is 0 Å². The Morgan fingerprint density at radius 1 is 1.40 bits per heavy atom. The Morgan fingerprint density at radius 2 is 2.30 bits per heavy atom. The van der Waals surface area contributed by atoms with Crippen LogP contribution >= 0.6 is 11.8 Å². The third-order valence-corrected chi connectivity index (χ3v) is 4.47. The summed E-state index contributed by atoms with van der Waals surface area (Å²) < 4.78 is 5.44. The Kier molecular flexibility index (Phi) is 4.38. The van der Waals surface area contributed by atoms with Crippen LogP contribution in [0, 0.1) is 5.92 Å². The third kappa shape index (κ3) is 3.04. The molecule has 1 saturated heterocycles. The first-order valence-electron chi connectivity index (χ1n) is 7.03. The van der Waals surface area contributed by atoms with Gasteiger partial charge < -0.3 is 9.84 Å². The molecule has 2 heterocycles. The van der Waals surface area contributed by atoms with E-state index >= 15 is 0 Å². The minimum Gasteiger partial charge on any atom is -0.334 e. The highest BCUT2D eigenvalue weighted by Gasteiger charge is 2.18. The van der Waals surface area contributed by atoms with Crippen molar-refractivity contribution in [3.63, 3.8) is 0 Å². The second-order valence-electron chi connectivity index (χ2n) is 5.13. The molecule has 106 valence electrons. The van der Waals surface area contributed by atoms with Gasteiger partial charge in [0.1, 0.15) is 0 Å². The normalized spacial score (nSPS) is 19.1. The SMILES string of the molecule is CSc1ccccc1-c1nc(CC2CCCNC2)no1. The topological polar surface area (TPSA) is 51.0 Å². The summed E-state index contributed by atoms with van der Waals surface area (Å²) in [6, 6.07) is 8.14. The van der Waals surface area contributed by atoms with E-state index in [1.165, 1.54) is 17.7 Å². The summed E-state index contributed by atoms with van der Waals surface area (Å²) in [5.41, 5.74) is 1.03. The zero-order chi connectivity index (χ0) is 13.8. The van der Waals surface area contributed by atoms with Gasteiger partial charge in [-0.25, -0.2) is 0 Å². The molecule has 1 N–H and O–H groups in total. The molecule has 3 rings (SSSR count). The van der Waals surface area contributed by atoms with Gasteiger partial charge in [0, 0.05) is 11.3 Å². The summed E-state index contributed by atoms with van der Waals surface area (Å²) in [5.74, 6) is 2.09. The van der Waals surface area contributed by atoms with Crippen molar-refractivity contribution in [2.75, 3.05) is 19.3 Å². The zero-order valence-electron chi connectivity index (χ0n) is 11.6. The lowest BCUT2D eigenvalue weighted by atomic mass is 9.96. The van der Waals surface area contributed by atoms with E-state index in [4.69, 9.17) is 4.52 Å². The van der Waals surface area contributed by atoms with Gasteiger partial charge in [0.25, 0.3) is 5.89 Å². The van der Waals surface area contributed by atoms with Crippen LogP contribution in [0.2, 0.25) is 0 Å². The predicted molar refractivity (Wildman–Crippen MR) is 80.8 cm³/mol. The van der Waals surface area contributed by atoms with Crippen LogP contribution in [0.4, 0.5) is 0 Å². The highest BCUT2D eigenvalue weighted by Crippen LogP contribution is 2.29. The van der Waals surface area contributed by atoms with Gasteiger partial charge in [-0.1, -0.05) is 17.3 Å². The van der Waals surface area contributed by atoms with Crippen molar-refractivity contribution in [3.05, 3.63) is 30.1 Å². The standard InChI is InChI=1S/C15H19N3OS/c1-20-13-7-3-2-6-12(13)15-17-14(18-19-15)9-11-5-4-8-16-10-11/h2-3,6-7,11,16H,4-5,8-10H2,1H3. The minimum atomic E-state index is 0.630. The monoisotopic (exact) mass is 289 g/mol. The molecule has 0 amide bonds. The van der Waals surface area contributed by atoms with Crippen LogP contribution in [-0.4, -0.2) is 29.5 Å². The molecule has 1 aromatic carbocycles. The summed E-state index contributed by atoms with van der Waals surface area (Å²) in [7, 11) is 0. The maximum Gasteiger partial charge on any atom is 0.259 e. The number of hydrogen-bond acceptors (Lipinski definition) is 5. The molecular weight excluding hydrogens is 270 g/mol. The molecule has 1 aliphatic heterocycles. The summed E-state index contributed by atoms with van der Waals surface area (Å²) in [5, 5.41) is 7.56. The Balaban J connectivity index is 1.75. The Morgan fingerprint density at radius 3 is 3.10 bits per heavy atom. The van der Waals surface area contributed by atoms with Crippen LogP contribution in [-0.2, 0) is 6.42 Å². The number of thioether (sulfide) groups is 1. The number of rotatable bonds is 4. The number of benzene rings is 1. The lowest BCUT2D eigenvalue weighted by molar-refractivity contribution is 0.359. The molecule has 2 aromatic rings. The van der Waals surface area contributed by atoms with Crippen LogP contribution in [0.25, 0.3) is 11.5 Å². The lowest BCUT2D eigenvalue weighted by Gasteiger charge is -2.20. The van der Waals surface area contributed by atoms with Crippen molar-refractivity contribution in [3.8, 4) is 11.5 Å². The molecule has 0 bridgehead atoms. The molecule has 1 aliphatic rings. The van der Waals surface area contributed by atoms with E-state index in [-0.39, 0.29) is 0 Å². The van der Waals surface area contributed by atoms with Gasteiger partial charge >= 0.3 is 0 Å². The maximum atomic E-state index is 5.44. The lowest BCUT2D eigenvalue weighted by Crippen LogP contribution is -2.31. The van der Waals surface area contributed by atoms with E-state index in [1.54, 1.807) is 11.8 Å². The first-order chi connectivity index (χ1) is 9.86. The second-order valence-corrected chi connectivity index (χ2v) is 5.98. The fourth-order valence-corrected chi connectivity index (χ4v) is 3.21. The Hall–Kier alpha value is -1.33. The van der Waals surface area contributed by atoms with Crippen molar-refractivity contribution in [2.45, 2.75) is 24.2 Å². The quantitative estimate of drug-likeness (QED) is 0.877. The second kappa shape index (κ2) is 6.41. The van der Waals surface area contributed by atoms with Gasteiger partial charge in [0.15, 0.2) is 5.82 Å². The number of hydrogen-bond donors (Lipinski definition) is 1. The van der Waals surface area contributed by atoms with Crippen molar-refractivity contribution in [1.82, 2.24) is 15.5 Å². The van der Waals surface area contributed by atoms with Gasteiger partial charge in [-0.2, -0.15) is 4.98 Å². The number of nitrogens with zero attached hydrogens (tertiary/aromatic N) is 2. The molecule has 5 heteroatoms. The highest BCUT2D eigenvalue weighted by atomic mass is 32.2. The number of piperidine rings is 1. The van der Waals surface area contributed by atoms with E-state index < -0.39 is 0 Å². The largest absolute Gasteiger partial charge is 0.334 e. The van der Waals surface area contributed by atoms with Crippen molar-refractivity contribution >= 4 is 11.8 Å². The van der Waals surface area contributed by atoms with Crippen LogP contribution in [0.5, 0.6) is 0 Å². The first-order valence-corrected chi connectivity index (χ1v) is 8.26. The molecule has 20 heavy (non-hydrogen) atoms.